The van der Waals surface area contributed by atoms with Crippen molar-refractivity contribution in [3.05, 3.63) is 0 Å². The molecule has 0 spiro atoms. The van der Waals surface area contributed by atoms with Gasteiger partial charge < -0.3 is 0 Å². The second-order valence-electron chi connectivity index (χ2n) is 8.51. The van der Waals surface area contributed by atoms with Crippen LogP contribution < -0.4 is 0 Å². The lowest BCUT2D eigenvalue weighted by atomic mass is 9.66. The van der Waals surface area contributed by atoms with Gasteiger partial charge >= 0.3 is 30.6 Å². The summed E-state index contributed by atoms with van der Waals surface area (Å²) < 4.78 is 193. The van der Waals surface area contributed by atoms with Crippen LogP contribution in [0, 0.1) is 10.8 Å². The van der Waals surface area contributed by atoms with Gasteiger partial charge in [-0.2, -0.15) is 35.1 Å². The molecule has 31 heavy (non-hydrogen) atoms. The van der Waals surface area contributed by atoms with Crippen molar-refractivity contribution < 1.29 is 70.9 Å². The molecule has 0 amide bonds. The summed E-state index contributed by atoms with van der Waals surface area (Å²) in [6.07, 6.45) is -28.3. The highest BCUT2D eigenvalue weighted by molar-refractivity contribution is 5.12. The Labute approximate surface area is 166 Å². The second kappa shape index (κ2) is 7.48. The van der Waals surface area contributed by atoms with Crippen molar-refractivity contribution >= 4 is 0 Å². The van der Waals surface area contributed by atoms with E-state index in [9.17, 15) is 57.1 Å². The van der Waals surface area contributed by atoms with E-state index >= 15 is 4.39 Å². The maximum Gasteiger partial charge on any atom is 0.525 e. The molecular weight excluding hydrogens is 478 g/mol. The monoisotopic (exact) mass is 496 g/mol. The highest BCUT2D eigenvalue weighted by atomic mass is 19.4. The van der Waals surface area contributed by atoms with E-state index in [0.29, 0.717) is 41.5 Å². The van der Waals surface area contributed by atoms with E-state index in [4.69, 9.17) is 0 Å². The maximum atomic E-state index is 15.3. The predicted octanol–water partition coefficient (Wildman–Crippen LogP) is 7.39. The van der Waals surface area contributed by atoms with Crippen molar-refractivity contribution in [2.45, 2.75) is 83.7 Å². The minimum atomic E-state index is -7.39. The lowest BCUT2D eigenvalue weighted by molar-refractivity contribution is -0.554. The first kappa shape index (κ1) is 29.9. The average molecular weight is 496 g/mol. The summed E-state index contributed by atoms with van der Waals surface area (Å²) in [6, 6.07) is 0. The molecule has 16 heteroatoms. The summed E-state index contributed by atoms with van der Waals surface area (Å²) in [5.74, 6) is -12.7. The molecule has 0 aromatic heterocycles. The number of hydrogen-bond acceptors (Lipinski definition) is 2. The molecule has 0 saturated heterocycles. The normalized spacial score (nSPS) is 19.7. The van der Waals surface area contributed by atoms with Crippen LogP contribution in [-0.4, -0.2) is 42.2 Å². The standard InChI is InChI=1S/C15H18F14O2/c1-7(2,3)9(16,10(17,18)8(4,5)6)13(23,24)31-14(25,26)11(19,12(20,21)22)30-15(27,28)29/h1-6H3. The molecule has 2 atom stereocenters. The fourth-order valence-electron chi connectivity index (χ4n) is 2.35. The Balaban J connectivity index is 6.85. The topological polar surface area (TPSA) is 18.5 Å². The lowest BCUT2D eigenvalue weighted by Gasteiger charge is -2.51. The summed E-state index contributed by atoms with van der Waals surface area (Å²) in [4.78, 5) is 0. The average Bonchev–Trinajstić information content (AvgIpc) is 2.38. The van der Waals surface area contributed by atoms with E-state index < -0.39 is 53.0 Å². The van der Waals surface area contributed by atoms with Gasteiger partial charge in [-0.25, -0.2) is 22.6 Å². The molecule has 0 aromatic rings. The zero-order valence-electron chi connectivity index (χ0n) is 16.6. The van der Waals surface area contributed by atoms with Gasteiger partial charge in [0.1, 0.15) is 0 Å². The molecule has 0 N–H and O–H groups in total. The van der Waals surface area contributed by atoms with E-state index in [0.717, 1.165) is 0 Å². The molecule has 0 aliphatic carbocycles. The minimum Gasteiger partial charge on any atom is -0.248 e. The Bertz CT molecular complexity index is 640. The van der Waals surface area contributed by atoms with E-state index in [1.807, 2.05) is 0 Å². The summed E-state index contributed by atoms with van der Waals surface area (Å²) in [5, 5.41) is 0. The highest BCUT2D eigenvalue weighted by Crippen LogP contribution is 2.62. The molecular formula is C15H18F14O2. The van der Waals surface area contributed by atoms with Gasteiger partial charge in [0, 0.05) is 10.8 Å². The van der Waals surface area contributed by atoms with Crippen molar-refractivity contribution in [2.75, 3.05) is 0 Å². The smallest absolute Gasteiger partial charge is 0.248 e. The van der Waals surface area contributed by atoms with E-state index in [1.165, 1.54) is 0 Å². The number of ether oxygens (including phenoxy) is 2. The molecule has 0 aliphatic rings. The molecule has 188 valence electrons. The Morgan fingerprint density at radius 3 is 1.03 bits per heavy atom. The summed E-state index contributed by atoms with van der Waals surface area (Å²) in [7, 11) is 0. The molecule has 2 unspecified atom stereocenters. The summed E-state index contributed by atoms with van der Waals surface area (Å²) >= 11 is 0. The van der Waals surface area contributed by atoms with Gasteiger partial charge in [-0.15, -0.1) is 13.2 Å². The predicted molar refractivity (Wildman–Crippen MR) is 75.7 cm³/mol. The van der Waals surface area contributed by atoms with Gasteiger partial charge in [0.05, 0.1) is 0 Å². The Hall–Kier alpha value is -1.06. The fourth-order valence-corrected chi connectivity index (χ4v) is 2.35. The van der Waals surface area contributed by atoms with E-state index in [1.54, 1.807) is 4.74 Å². The van der Waals surface area contributed by atoms with Crippen molar-refractivity contribution in [3.8, 4) is 0 Å². The van der Waals surface area contributed by atoms with Gasteiger partial charge in [-0.05, 0) is 0 Å². The van der Waals surface area contributed by atoms with Crippen LogP contribution in [0.4, 0.5) is 61.5 Å². The van der Waals surface area contributed by atoms with E-state index in [-0.39, 0.29) is 0 Å². The Morgan fingerprint density at radius 2 is 0.806 bits per heavy atom. The molecule has 0 rings (SSSR count). The summed E-state index contributed by atoms with van der Waals surface area (Å²) in [6.45, 7) is 2.22. The van der Waals surface area contributed by atoms with Crippen LogP contribution in [0.5, 0.6) is 0 Å². The largest absolute Gasteiger partial charge is 0.525 e. The minimum absolute atomic E-state index is 0.292. The lowest BCUT2D eigenvalue weighted by Crippen LogP contribution is -2.72. The number of rotatable bonds is 6. The third-order valence-electron chi connectivity index (χ3n) is 4.06. The van der Waals surface area contributed by atoms with Gasteiger partial charge in [0.25, 0.3) is 11.6 Å². The zero-order valence-corrected chi connectivity index (χ0v) is 16.6. The van der Waals surface area contributed by atoms with Crippen molar-refractivity contribution in [2.24, 2.45) is 10.8 Å². The fraction of sp³-hybridized carbons (Fsp3) is 1.00. The van der Waals surface area contributed by atoms with Crippen LogP contribution >= 0.6 is 0 Å². The van der Waals surface area contributed by atoms with Gasteiger partial charge in [-0.3, -0.25) is 0 Å². The molecule has 0 saturated carbocycles. The van der Waals surface area contributed by atoms with Crippen LogP contribution in [0.15, 0.2) is 0 Å². The Morgan fingerprint density at radius 1 is 0.452 bits per heavy atom. The van der Waals surface area contributed by atoms with Gasteiger partial charge in [-0.1, -0.05) is 41.5 Å². The number of hydrogen-bond donors (Lipinski definition) is 0. The van der Waals surface area contributed by atoms with Crippen molar-refractivity contribution in [1.29, 1.82) is 0 Å². The number of halogens is 14. The second-order valence-corrected chi connectivity index (χ2v) is 8.51. The molecule has 2 nitrogen and oxygen atoms in total. The van der Waals surface area contributed by atoms with Crippen molar-refractivity contribution in [1.82, 2.24) is 0 Å². The summed E-state index contributed by atoms with van der Waals surface area (Å²) in [5.41, 5.74) is -11.5. The molecule has 0 fully saturated rings. The third-order valence-corrected chi connectivity index (χ3v) is 4.06. The van der Waals surface area contributed by atoms with Crippen LogP contribution in [0.3, 0.4) is 0 Å². The molecule has 0 aliphatic heterocycles. The zero-order chi connectivity index (χ0) is 25.9. The van der Waals surface area contributed by atoms with Gasteiger partial charge in [0.2, 0.25) is 0 Å². The first-order chi connectivity index (χ1) is 12.9. The Kier molecular flexibility index (Phi) is 7.23. The van der Waals surface area contributed by atoms with Gasteiger partial charge in [0.15, 0.2) is 0 Å². The quantitative estimate of drug-likeness (QED) is 0.357. The molecule has 0 heterocycles. The van der Waals surface area contributed by atoms with Crippen LogP contribution in [0.1, 0.15) is 41.5 Å². The highest BCUT2D eigenvalue weighted by Gasteiger charge is 2.84. The first-order valence-electron chi connectivity index (χ1n) is 7.96. The van der Waals surface area contributed by atoms with Crippen LogP contribution in [0.2, 0.25) is 0 Å². The van der Waals surface area contributed by atoms with Crippen LogP contribution in [-0.2, 0) is 9.47 Å². The van der Waals surface area contributed by atoms with Crippen LogP contribution in [0.25, 0.3) is 0 Å². The SMILES string of the molecule is CC(C)(C)C(F)(F)C(F)(C(C)(C)C)C(F)(F)OC(F)(F)C(F)(OC(F)(F)F)C(F)(F)F. The van der Waals surface area contributed by atoms with Crippen molar-refractivity contribution in [3.63, 3.8) is 0 Å². The number of alkyl halides is 14. The molecule has 0 bridgehead atoms. The molecule has 0 aromatic carbocycles. The molecule has 0 radical (unpaired) electrons. The maximum absolute atomic E-state index is 15.3. The third kappa shape index (κ3) is 4.98. The first-order valence-corrected chi connectivity index (χ1v) is 7.96. The van der Waals surface area contributed by atoms with E-state index in [2.05, 4.69) is 4.74 Å².